The smallest absolute Gasteiger partial charge is 0.336 e. The van der Waals surface area contributed by atoms with Crippen LogP contribution in [0.1, 0.15) is 179 Å². The number of hydrogen-bond donors (Lipinski definition) is 0. The van der Waals surface area contributed by atoms with Crippen LogP contribution in [0.3, 0.4) is 0 Å². The number of unbranched alkanes of at least 4 members (excludes halogenated alkanes) is 6. The van der Waals surface area contributed by atoms with Gasteiger partial charge in [-0.1, -0.05) is 147 Å². The third-order valence-corrected chi connectivity index (χ3v) is 12.7. The minimum absolute atomic E-state index is 0.322. The summed E-state index contributed by atoms with van der Waals surface area (Å²) in [5, 5.41) is 3.64. The molecule has 4 aromatic heterocycles. The Balaban J connectivity index is 0.000000356. The van der Waals surface area contributed by atoms with Crippen LogP contribution in [0.4, 0.5) is 0 Å². The lowest BCUT2D eigenvalue weighted by Crippen LogP contribution is -2.15. The zero-order valence-corrected chi connectivity index (χ0v) is 51.0. The van der Waals surface area contributed by atoms with Gasteiger partial charge in [0.05, 0.1) is 26.4 Å². The Bertz CT molecular complexity index is 3140. The lowest BCUT2D eigenvalue weighted by atomic mass is 9.90. The second kappa shape index (κ2) is 42.8. The minimum atomic E-state index is -0.342. The molecule has 1 aliphatic carbocycles. The van der Waals surface area contributed by atoms with E-state index in [1.54, 1.807) is 48.5 Å². The number of rotatable bonds is 20. The first kappa shape index (κ1) is 70.0. The molecule has 1 saturated carbocycles. The van der Waals surface area contributed by atoms with E-state index in [4.69, 9.17) is 36.6 Å². The van der Waals surface area contributed by atoms with Gasteiger partial charge in [0, 0.05) is 70.1 Å². The van der Waals surface area contributed by atoms with Crippen LogP contribution >= 0.6 is 0 Å². The van der Waals surface area contributed by atoms with Crippen molar-refractivity contribution in [3.63, 3.8) is 0 Å². The largest absolute Gasteiger partial charge is 0.494 e. The normalized spacial score (nSPS) is 11.8. The summed E-state index contributed by atoms with van der Waals surface area (Å²) in [6.07, 6.45) is 18.8. The maximum Gasteiger partial charge on any atom is 0.336 e. The third-order valence-electron chi connectivity index (χ3n) is 12.7. The Labute approximate surface area is 482 Å². The molecule has 0 spiro atoms. The van der Waals surface area contributed by atoms with Crippen molar-refractivity contribution in [3.8, 4) is 23.0 Å². The first-order valence-electron chi connectivity index (χ1n) is 30.3. The first-order valence-corrected chi connectivity index (χ1v) is 30.3. The molecular formula is C69H96O12. The van der Waals surface area contributed by atoms with Crippen molar-refractivity contribution in [2.24, 2.45) is 11.8 Å². The van der Waals surface area contributed by atoms with Gasteiger partial charge in [-0.15, -0.1) is 0 Å². The van der Waals surface area contributed by atoms with E-state index in [0.29, 0.717) is 53.1 Å². The fraction of sp³-hybridized carbons (Fsp3) is 0.478. The van der Waals surface area contributed by atoms with E-state index in [9.17, 15) is 19.2 Å². The molecule has 1 atom stereocenters. The molecule has 0 saturated heterocycles. The summed E-state index contributed by atoms with van der Waals surface area (Å²) in [6.45, 7) is 27.3. The van der Waals surface area contributed by atoms with Crippen LogP contribution in [-0.2, 0) is 0 Å². The van der Waals surface area contributed by atoms with Crippen LogP contribution in [0.2, 0.25) is 0 Å². The van der Waals surface area contributed by atoms with Gasteiger partial charge in [-0.3, -0.25) is 0 Å². The molecule has 0 aliphatic heterocycles. The van der Waals surface area contributed by atoms with Crippen molar-refractivity contribution in [2.45, 2.75) is 179 Å². The predicted molar refractivity (Wildman–Crippen MR) is 336 cm³/mol. The first-order chi connectivity index (χ1) is 39.6. The van der Waals surface area contributed by atoms with Gasteiger partial charge in [-0.25, -0.2) is 19.2 Å². The lowest BCUT2D eigenvalue weighted by molar-refractivity contribution is 0.209. The molecule has 0 bridgehead atoms. The maximum absolute atomic E-state index is 11.2. The second-order valence-corrected chi connectivity index (χ2v) is 18.4. The van der Waals surface area contributed by atoms with E-state index in [1.165, 1.54) is 108 Å². The topological polar surface area (TPSA) is 158 Å². The second-order valence-electron chi connectivity index (χ2n) is 18.4. The molecule has 0 radical (unpaired) electrons. The Morgan fingerprint density at radius 2 is 0.765 bits per heavy atom. The van der Waals surface area contributed by atoms with E-state index in [2.05, 4.69) is 20.8 Å². The van der Waals surface area contributed by atoms with Gasteiger partial charge in [0.1, 0.15) is 45.3 Å². The zero-order valence-electron chi connectivity index (χ0n) is 51.0. The Morgan fingerprint density at radius 3 is 1.16 bits per heavy atom. The van der Waals surface area contributed by atoms with E-state index in [0.717, 1.165) is 64.8 Å². The van der Waals surface area contributed by atoms with Gasteiger partial charge < -0.3 is 36.6 Å². The molecule has 4 heterocycles. The highest BCUT2D eigenvalue weighted by molar-refractivity contribution is 5.79. The van der Waals surface area contributed by atoms with E-state index >= 15 is 0 Å². The Morgan fingerprint density at radius 1 is 0.407 bits per heavy atom. The molecule has 1 fully saturated rings. The number of benzene rings is 4. The Kier molecular flexibility index (Phi) is 37.0. The number of hydrogen-bond acceptors (Lipinski definition) is 12. The molecule has 4 aromatic carbocycles. The van der Waals surface area contributed by atoms with Crippen molar-refractivity contribution in [1.82, 2.24) is 0 Å². The molecule has 12 nitrogen and oxygen atoms in total. The van der Waals surface area contributed by atoms with E-state index in [-0.39, 0.29) is 22.5 Å². The third kappa shape index (κ3) is 26.8. The van der Waals surface area contributed by atoms with Crippen LogP contribution in [0.15, 0.2) is 158 Å². The summed E-state index contributed by atoms with van der Waals surface area (Å²) in [6, 6.07) is 35.1. The van der Waals surface area contributed by atoms with E-state index < -0.39 is 0 Å². The van der Waals surface area contributed by atoms with Gasteiger partial charge in [-0.2, -0.15) is 0 Å². The highest BCUT2D eigenvalue weighted by Crippen LogP contribution is 2.27. The van der Waals surface area contributed by atoms with Gasteiger partial charge in [0.25, 0.3) is 0 Å². The summed E-state index contributed by atoms with van der Waals surface area (Å²) < 4.78 is 43.1. The molecular weight excluding hydrogens is 1020 g/mol. The summed E-state index contributed by atoms with van der Waals surface area (Å²) in [5.74, 6) is 4.30. The molecule has 1 aliphatic rings. The highest BCUT2D eigenvalue weighted by atomic mass is 16.5. The molecule has 444 valence electrons. The van der Waals surface area contributed by atoms with E-state index in [1.807, 2.05) is 111 Å². The van der Waals surface area contributed by atoms with Crippen LogP contribution in [0.25, 0.3) is 43.9 Å². The fourth-order valence-electron chi connectivity index (χ4n) is 8.44. The molecule has 0 N–H and O–H groups in total. The van der Waals surface area contributed by atoms with Crippen LogP contribution in [0.5, 0.6) is 23.0 Å². The standard InChI is InChI=1S/2C17H22O3.C16H18O3.C11H10O3.4C2H6/c1-3-5-6-13(4-2)12-19-15-9-7-14-8-10-17(18)20-16(14)11-15;1-2-3-4-5-6-7-12-19-15-10-8-14-9-11-17(18)20-16(14)13-15;17-16-9-7-13-6-8-14(10-15(13)19-16)18-11-12-4-2-1-3-5-12;1-2-13-9-5-3-8-4-6-11(12)14-10(8)7-9;4*1-2/h7-11,13H,3-6,12H2,1-2H3;8-11,13H,2-7,12H2,1H3;6-10,12H,1-5,11H2;3-7H,2H2,1H3;4*1-2H3. The van der Waals surface area contributed by atoms with Crippen molar-refractivity contribution in [1.29, 1.82) is 0 Å². The summed E-state index contributed by atoms with van der Waals surface area (Å²) >= 11 is 0. The fourth-order valence-corrected chi connectivity index (χ4v) is 8.44. The number of ether oxygens (including phenoxy) is 4. The SMILES string of the molecule is CC.CC.CC.CC.CCCCC(CC)COc1ccc2ccc(=O)oc2c1.CCCCCCCCOc1ccc2ccc(=O)oc2c1.CCOc1ccc2ccc(=O)oc2c1.O=c1ccc2ccc(OCC3CCCCC3)cc2o1. The maximum atomic E-state index is 11.2. The van der Waals surface area contributed by atoms with Crippen molar-refractivity contribution in [3.05, 3.63) is 163 Å². The predicted octanol–water partition coefficient (Wildman–Crippen LogP) is 19.0. The molecule has 12 heteroatoms. The molecule has 81 heavy (non-hydrogen) atoms. The van der Waals surface area contributed by atoms with Gasteiger partial charge in [0.2, 0.25) is 0 Å². The molecule has 0 amide bonds. The van der Waals surface area contributed by atoms with Crippen LogP contribution in [-0.4, -0.2) is 26.4 Å². The van der Waals surface area contributed by atoms with Crippen molar-refractivity contribution in [2.75, 3.05) is 26.4 Å². The summed E-state index contributed by atoms with van der Waals surface area (Å²) in [7, 11) is 0. The van der Waals surface area contributed by atoms with Crippen LogP contribution < -0.4 is 41.4 Å². The molecule has 1 unspecified atom stereocenters. The number of fused-ring (bicyclic) bond motifs is 4. The Hall–Kier alpha value is -7.08. The van der Waals surface area contributed by atoms with Crippen LogP contribution in [0, 0.1) is 11.8 Å². The average Bonchev–Trinajstić information content (AvgIpc) is 3.51. The quantitative estimate of drug-likeness (QED) is 0.0526. The zero-order chi connectivity index (χ0) is 59.6. The molecule has 9 rings (SSSR count). The summed E-state index contributed by atoms with van der Waals surface area (Å²) in [4.78, 5) is 44.5. The van der Waals surface area contributed by atoms with Gasteiger partial charge in [-0.05, 0) is 117 Å². The monoisotopic (exact) mass is 1120 g/mol. The van der Waals surface area contributed by atoms with Crippen molar-refractivity contribution >= 4 is 43.9 Å². The average molecular weight is 1120 g/mol. The molecule has 8 aromatic rings. The highest BCUT2D eigenvalue weighted by Gasteiger charge is 2.14. The van der Waals surface area contributed by atoms with Gasteiger partial charge in [0.15, 0.2) is 0 Å². The summed E-state index contributed by atoms with van der Waals surface area (Å²) in [5.41, 5.74) is 0.990. The van der Waals surface area contributed by atoms with Gasteiger partial charge >= 0.3 is 22.5 Å². The lowest BCUT2D eigenvalue weighted by Gasteiger charge is -2.21. The van der Waals surface area contributed by atoms with Crippen molar-refractivity contribution < 1.29 is 36.6 Å². The minimum Gasteiger partial charge on any atom is -0.494 e.